The number of unbranched alkanes of at least 4 members (excludes halogenated alkanes) is 1. The summed E-state index contributed by atoms with van der Waals surface area (Å²) in [6.45, 7) is 14.6. The van der Waals surface area contributed by atoms with Gasteiger partial charge in [0.25, 0.3) is 11.5 Å². The van der Waals surface area contributed by atoms with Gasteiger partial charge in [-0.25, -0.2) is 0 Å². The number of carbonyl (C=O) groups is 1. The van der Waals surface area contributed by atoms with Gasteiger partial charge in [-0.1, -0.05) is 44.2 Å². The average molecular weight is 532 g/mol. The Balaban J connectivity index is 2.08. The number of amides is 1. The molecule has 0 aromatic carbocycles. The number of thiocarbonyl (C=S) groups is 1. The molecule has 0 N–H and O–H groups in total. The van der Waals surface area contributed by atoms with Gasteiger partial charge < -0.3 is 14.5 Å². The molecule has 0 unspecified atom stereocenters. The minimum atomic E-state index is -0.253. The van der Waals surface area contributed by atoms with Crippen LogP contribution in [-0.4, -0.2) is 77.1 Å². The van der Waals surface area contributed by atoms with E-state index >= 15 is 0 Å². The van der Waals surface area contributed by atoms with E-state index in [4.69, 9.17) is 17.0 Å². The van der Waals surface area contributed by atoms with Crippen LogP contribution in [-0.2, 0) is 16.1 Å². The SMILES string of the molecule is CCCCn1c(N2CCN(CC)CC2)c(C=C2SC(=S)N(CCCOCC)C2=O)c(C)c(C#N)c1=O. The van der Waals surface area contributed by atoms with Crippen molar-refractivity contribution in [1.29, 1.82) is 5.26 Å². The second-order valence-electron chi connectivity index (χ2n) is 8.96. The highest BCUT2D eigenvalue weighted by molar-refractivity contribution is 8.26. The lowest BCUT2D eigenvalue weighted by Gasteiger charge is -2.37. The Morgan fingerprint density at radius 1 is 1.11 bits per heavy atom. The number of thioether (sulfide) groups is 1. The molecule has 0 atom stereocenters. The first-order valence-electron chi connectivity index (χ1n) is 12.9. The fourth-order valence-electron chi connectivity index (χ4n) is 4.58. The maximum absolute atomic E-state index is 13.4. The summed E-state index contributed by atoms with van der Waals surface area (Å²) in [4.78, 5) is 33.5. The van der Waals surface area contributed by atoms with Crippen molar-refractivity contribution in [2.45, 2.75) is 53.5 Å². The third-order valence-corrected chi connectivity index (χ3v) is 8.10. The quantitative estimate of drug-likeness (QED) is 0.243. The summed E-state index contributed by atoms with van der Waals surface area (Å²) in [7, 11) is 0. The average Bonchev–Trinajstić information content (AvgIpc) is 3.15. The first-order chi connectivity index (χ1) is 17.4. The third-order valence-electron chi connectivity index (χ3n) is 6.72. The maximum Gasteiger partial charge on any atom is 0.270 e. The molecule has 3 heterocycles. The van der Waals surface area contributed by atoms with Gasteiger partial charge in [-0.15, -0.1) is 0 Å². The van der Waals surface area contributed by atoms with Crippen molar-refractivity contribution in [1.82, 2.24) is 14.4 Å². The standard InChI is InChI=1S/C26H37N5O3S2/c1-5-8-10-30-23(29-14-12-28(6-2)13-15-29)20(19(4)21(18-27)24(30)32)17-22-25(33)31(26(35)36-22)11-9-16-34-7-3/h17H,5-16H2,1-4H3. The van der Waals surface area contributed by atoms with Crippen molar-refractivity contribution in [3.63, 3.8) is 0 Å². The molecular weight excluding hydrogens is 494 g/mol. The lowest BCUT2D eigenvalue weighted by molar-refractivity contribution is -0.122. The van der Waals surface area contributed by atoms with Crippen LogP contribution in [0.25, 0.3) is 6.08 Å². The van der Waals surface area contributed by atoms with E-state index in [-0.39, 0.29) is 17.0 Å². The largest absolute Gasteiger partial charge is 0.382 e. The van der Waals surface area contributed by atoms with E-state index in [0.29, 0.717) is 47.5 Å². The number of nitrogens with zero attached hydrogens (tertiary/aromatic N) is 5. The van der Waals surface area contributed by atoms with Crippen molar-refractivity contribution in [3.05, 3.63) is 31.9 Å². The predicted octanol–water partition coefficient (Wildman–Crippen LogP) is 3.60. The Morgan fingerprint density at radius 3 is 2.44 bits per heavy atom. The molecule has 2 aliphatic heterocycles. The highest BCUT2D eigenvalue weighted by Crippen LogP contribution is 2.36. The van der Waals surface area contributed by atoms with Crippen LogP contribution >= 0.6 is 24.0 Å². The Bertz CT molecular complexity index is 1100. The minimum absolute atomic E-state index is 0.132. The van der Waals surface area contributed by atoms with Gasteiger partial charge in [0.1, 0.15) is 21.8 Å². The van der Waals surface area contributed by atoms with Gasteiger partial charge in [0, 0.05) is 58.0 Å². The van der Waals surface area contributed by atoms with Gasteiger partial charge in [-0.05, 0) is 44.9 Å². The molecular formula is C26H37N5O3S2. The Labute approximate surface area is 223 Å². The number of rotatable bonds is 11. The number of piperazine rings is 1. The normalized spacial score (nSPS) is 17.9. The van der Waals surface area contributed by atoms with Gasteiger partial charge in [-0.2, -0.15) is 5.26 Å². The van der Waals surface area contributed by atoms with Gasteiger partial charge in [0.2, 0.25) is 0 Å². The van der Waals surface area contributed by atoms with Crippen LogP contribution in [0, 0.1) is 18.3 Å². The number of hydrogen-bond donors (Lipinski definition) is 0. The summed E-state index contributed by atoms with van der Waals surface area (Å²) >= 11 is 6.80. The zero-order valence-corrected chi connectivity index (χ0v) is 23.5. The van der Waals surface area contributed by atoms with E-state index in [0.717, 1.165) is 56.9 Å². The molecule has 0 saturated carbocycles. The highest BCUT2D eigenvalue weighted by atomic mass is 32.2. The van der Waals surface area contributed by atoms with Crippen LogP contribution in [0.2, 0.25) is 0 Å². The van der Waals surface area contributed by atoms with Crippen molar-refractivity contribution in [2.75, 3.05) is 57.4 Å². The number of hydrogen-bond acceptors (Lipinski definition) is 8. The monoisotopic (exact) mass is 531 g/mol. The van der Waals surface area contributed by atoms with Crippen LogP contribution in [0.1, 0.15) is 56.7 Å². The highest BCUT2D eigenvalue weighted by Gasteiger charge is 2.33. The molecule has 2 saturated heterocycles. The van der Waals surface area contributed by atoms with E-state index in [1.807, 2.05) is 19.9 Å². The molecule has 0 bridgehead atoms. The summed E-state index contributed by atoms with van der Waals surface area (Å²) < 4.78 is 7.69. The number of aromatic nitrogens is 1. The van der Waals surface area contributed by atoms with Crippen molar-refractivity contribution >= 4 is 46.1 Å². The summed E-state index contributed by atoms with van der Waals surface area (Å²) in [5, 5.41) is 9.86. The maximum atomic E-state index is 13.4. The molecule has 8 nitrogen and oxygen atoms in total. The second-order valence-corrected chi connectivity index (χ2v) is 10.6. The van der Waals surface area contributed by atoms with Crippen LogP contribution < -0.4 is 10.5 Å². The van der Waals surface area contributed by atoms with E-state index in [2.05, 4.69) is 29.7 Å². The number of anilines is 1. The van der Waals surface area contributed by atoms with Crippen molar-refractivity contribution in [3.8, 4) is 6.07 Å². The number of likely N-dealkylation sites (N-methyl/N-ethyl adjacent to an activating group) is 1. The number of ether oxygens (including phenoxy) is 1. The van der Waals surface area contributed by atoms with Crippen molar-refractivity contribution < 1.29 is 9.53 Å². The molecule has 0 radical (unpaired) electrons. The first-order valence-corrected chi connectivity index (χ1v) is 14.1. The Kier molecular flexibility index (Phi) is 10.5. The van der Waals surface area contributed by atoms with Crippen molar-refractivity contribution in [2.24, 2.45) is 0 Å². The molecule has 2 fully saturated rings. The summed E-state index contributed by atoms with van der Waals surface area (Å²) in [6, 6.07) is 2.13. The lowest BCUT2D eigenvalue weighted by Crippen LogP contribution is -2.48. The number of nitriles is 1. The van der Waals surface area contributed by atoms with Crippen LogP contribution in [0.3, 0.4) is 0 Å². The Morgan fingerprint density at radius 2 is 1.83 bits per heavy atom. The summed E-state index contributed by atoms with van der Waals surface area (Å²) in [5.74, 6) is 0.676. The zero-order valence-electron chi connectivity index (χ0n) is 21.8. The lowest BCUT2D eigenvalue weighted by atomic mass is 10.0. The van der Waals surface area contributed by atoms with Gasteiger partial charge in [-0.3, -0.25) is 19.1 Å². The summed E-state index contributed by atoms with van der Waals surface area (Å²) in [5.41, 5.74) is 1.27. The van der Waals surface area contributed by atoms with Gasteiger partial charge >= 0.3 is 0 Å². The van der Waals surface area contributed by atoms with Crippen LogP contribution in [0.5, 0.6) is 0 Å². The Hall–Kier alpha value is -2.19. The molecule has 36 heavy (non-hydrogen) atoms. The fourth-order valence-corrected chi connectivity index (χ4v) is 5.87. The molecule has 1 amide bonds. The van der Waals surface area contributed by atoms with Crippen LogP contribution in [0.15, 0.2) is 9.70 Å². The molecule has 0 aliphatic carbocycles. The molecule has 196 valence electrons. The van der Waals surface area contributed by atoms with Crippen LogP contribution in [0.4, 0.5) is 5.82 Å². The molecule has 1 aromatic rings. The fraction of sp³-hybridized carbons (Fsp3) is 0.615. The molecule has 10 heteroatoms. The van der Waals surface area contributed by atoms with E-state index in [1.54, 1.807) is 9.47 Å². The predicted molar refractivity (Wildman–Crippen MR) is 150 cm³/mol. The van der Waals surface area contributed by atoms with E-state index in [9.17, 15) is 14.9 Å². The third kappa shape index (κ3) is 6.20. The smallest absolute Gasteiger partial charge is 0.270 e. The first kappa shape index (κ1) is 28.4. The van der Waals surface area contributed by atoms with E-state index < -0.39 is 0 Å². The number of pyridine rings is 1. The molecule has 2 aliphatic rings. The molecule has 3 rings (SSSR count). The molecule has 1 aromatic heterocycles. The van der Waals surface area contributed by atoms with Gasteiger partial charge in [0.05, 0.1) is 4.91 Å². The van der Waals surface area contributed by atoms with Gasteiger partial charge in [0.15, 0.2) is 0 Å². The number of carbonyl (C=O) groups excluding carboxylic acids is 1. The summed E-state index contributed by atoms with van der Waals surface area (Å²) in [6.07, 6.45) is 4.32. The second kappa shape index (κ2) is 13.4. The van der Waals surface area contributed by atoms with E-state index in [1.165, 1.54) is 11.8 Å². The minimum Gasteiger partial charge on any atom is -0.382 e. The topological polar surface area (TPSA) is 81.8 Å². The zero-order chi connectivity index (χ0) is 26.2. The molecule has 0 spiro atoms.